The molecule has 1 aromatic rings. The summed E-state index contributed by atoms with van der Waals surface area (Å²) in [6, 6.07) is 5.94. The maximum absolute atomic E-state index is 12.6. The molecule has 106 valence electrons. The molecule has 0 aliphatic heterocycles. The first kappa shape index (κ1) is 16.2. The molecule has 3 nitrogen and oxygen atoms in total. The lowest BCUT2D eigenvalue weighted by Gasteiger charge is -2.28. The normalized spacial score (nSPS) is 12.3. The number of carbonyl (C=O) groups is 1. The third-order valence-corrected chi connectivity index (χ3v) is 4.19. The second-order valence-electron chi connectivity index (χ2n) is 4.71. The van der Waals surface area contributed by atoms with Gasteiger partial charge < -0.3 is 9.64 Å². The van der Waals surface area contributed by atoms with Crippen molar-refractivity contribution in [3.05, 3.63) is 33.8 Å². The Balaban J connectivity index is 2.94. The molecule has 0 saturated carbocycles. The minimum absolute atomic E-state index is 0.0621. The van der Waals surface area contributed by atoms with Crippen LogP contribution in [0.2, 0.25) is 0 Å². The Hall–Kier alpha value is -0.870. The molecule has 1 aromatic carbocycles. The van der Waals surface area contributed by atoms with E-state index in [9.17, 15) is 4.79 Å². The van der Waals surface area contributed by atoms with E-state index >= 15 is 0 Å². The second-order valence-corrected chi connectivity index (χ2v) is 5.57. The fourth-order valence-electron chi connectivity index (χ4n) is 1.82. The van der Waals surface area contributed by atoms with Crippen LogP contribution in [-0.4, -0.2) is 37.1 Å². The Bertz CT molecular complexity index is 434. The SMILES string of the molecule is CCC(C)N(CCOC)C(=O)c1ccc(C)c(Br)c1. The molecule has 0 aliphatic carbocycles. The van der Waals surface area contributed by atoms with E-state index in [0.717, 1.165) is 16.5 Å². The van der Waals surface area contributed by atoms with Gasteiger partial charge in [0.25, 0.3) is 5.91 Å². The van der Waals surface area contributed by atoms with Crippen LogP contribution in [0, 0.1) is 6.92 Å². The van der Waals surface area contributed by atoms with Gasteiger partial charge >= 0.3 is 0 Å². The summed E-state index contributed by atoms with van der Waals surface area (Å²) in [5.74, 6) is 0.0621. The summed E-state index contributed by atoms with van der Waals surface area (Å²) < 4.78 is 6.06. The van der Waals surface area contributed by atoms with E-state index in [1.54, 1.807) is 7.11 Å². The number of hydrogen-bond donors (Lipinski definition) is 0. The van der Waals surface area contributed by atoms with Gasteiger partial charge in [-0.25, -0.2) is 0 Å². The number of amides is 1. The van der Waals surface area contributed by atoms with Gasteiger partial charge in [-0.05, 0) is 38.0 Å². The van der Waals surface area contributed by atoms with Crippen molar-refractivity contribution in [1.29, 1.82) is 0 Å². The highest BCUT2D eigenvalue weighted by Crippen LogP contribution is 2.19. The summed E-state index contributed by atoms with van der Waals surface area (Å²) in [6.45, 7) is 7.34. The number of halogens is 1. The standard InChI is InChI=1S/C15H22BrNO2/c1-5-12(3)17(8-9-19-4)15(18)13-7-6-11(2)14(16)10-13/h6-7,10,12H,5,8-9H2,1-4H3. The predicted molar refractivity (Wildman–Crippen MR) is 81.5 cm³/mol. The zero-order chi connectivity index (χ0) is 14.4. The Morgan fingerprint density at radius 3 is 2.68 bits per heavy atom. The van der Waals surface area contributed by atoms with Crippen LogP contribution in [0.3, 0.4) is 0 Å². The minimum atomic E-state index is 0.0621. The molecule has 0 N–H and O–H groups in total. The van der Waals surface area contributed by atoms with Crippen LogP contribution in [0.4, 0.5) is 0 Å². The van der Waals surface area contributed by atoms with Gasteiger partial charge in [-0.3, -0.25) is 4.79 Å². The lowest BCUT2D eigenvalue weighted by atomic mass is 10.1. The smallest absolute Gasteiger partial charge is 0.254 e. The molecule has 1 amide bonds. The van der Waals surface area contributed by atoms with Crippen molar-refractivity contribution in [3.63, 3.8) is 0 Å². The predicted octanol–water partition coefficient (Wildman–Crippen LogP) is 3.64. The molecule has 19 heavy (non-hydrogen) atoms. The number of aryl methyl sites for hydroxylation is 1. The summed E-state index contributed by atoms with van der Waals surface area (Å²) in [5, 5.41) is 0. The van der Waals surface area contributed by atoms with E-state index in [0.29, 0.717) is 18.7 Å². The largest absolute Gasteiger partial charge is 0.383 e. The highest BCUT2D eigenvalue weighted by atomic mass is 79.9. The Morgan fingerprint density at radius 2 is 2.16 bits per heavy atom. The van der Waals surface area contributed by atoms with Crippen LogP contribution in [0.5, 0.6) is 0 Å². The fourth-order valence-corrected chi connectivity index (χ4v) is 2.20. The number of ether oxygens (including phenoxy) is 1. The Morgan fingerprint density at radius 1 is 1.47 bits per heavy atom. The molecule has 0 spiro atoms. The van der Waals surface area contributed by atoms with Gasteiger partial charge in [0.05, 0.1) is 6.61 Å². The third-order valence-electron chi connectivity index (χ3n) is 3.34. The first-order chi connectivity index (χ1) is 9.01. The molecule has 0 aliphatic rings. The zero-order valence-electron chi connectivity index (χ0n) is 12.1. The molecule has 4 heteroatoms. The molecule has 0 heterocycles. The van der Waals surface area contributed by atoms with Crippen molar-refractivity contribution < 1.29 is 9.53 Å². The zero-order valence-corrected chi connectivity index (χ0v) is 13.7. The number of nitrogens with zero attached hydrogens (tertiary/aromatic N) is 1. The second kappa shape index (κ2) is 7.65. The van der Waals surface area contributed by atoms with Gasteiger partial charge in [-0.1, -0.05) is 28.9 Å². The van der Waals surface area contributed by atoms with E-state index < -0.39 is 0 Å². The highest BCUT2D eigenvalue weighted by molar-refractivity contribution is 9.10. The van der Waals surface area contributed by atoms with Gasteiger partial charge in [-0.2, -0.15) is 0 Å². The molecular weight excluding hydrogens is 306 g/mol. The molecule has 0 radical (unpaired) electrons. The molecule has 1 atom stereocenters. The first-order valence-corrected chi connectivity index (χ1v) is 7.36. The van der Waals surface area contributed by atoms with Crippen molar-refractivity contribution in [2.45, 2.75) is 33.2 Å². The van der Waals surface area contributed by atoms with Crippen LogP contribution in [0.1, 0.15) is 36.2 Å². The van der Waals surface area contributed by atoms with Crippen molar-refractivity contribution >= 4 is 21.8 Å². The molecule has 0 saturated heterocycles. The molecule has 1 unspecified atom stereocenters. The Kier molecular flexibility index (Phi) is 6.52. The fraction of sp³-hybridized carbons (Fsp3) is 0.533. The van der Waals surface area contributed by atoms with Crippen LogP contribution in [0.25, 0.3) is 0 Å². The van der Waals surface area contributed by atoms with Crippen molar-refractivity contribution in [3.8, 4) is 0 Å². The van der Waals surface area contributed by atoms with Crippen LogP contribution >= 0.6 is 15.9 Å². The van der Waals surface area contributed by atoms with E-state index in [2.05, 4.69) is 29.8 Å². The molecule has 0 bridgehead atoms. The van der Waals surface area contributed by atoms with E-state index in [1.807, 2.05) is 30.0 Å². The monoisotopic (exact) mass is 327 g/mol. The van der Waals surface area contributed by atoms with Crippen molar-refractivity contribution in [2.75, 3.05) is 20.3 Å². The van der Waals surface area contributed by atoms with Gasteiger partial charge in [0.2, 0.25) is 0 Å². The van der Waals surface area contributed by atoms with Gasteiger partial charge in [0, 0.05) is 29.7 Å². The molecule has 0 aromatic heterocycles. The van der Waals surface area contributed by atoms with Crippen LogP contribution in [0.15, 0.2) is 22.7 Å². The quantitative estimate of drug-likeness (QED) is 0.798. The summed E-state index contributed by atoms with van der Waals surface area (Å²) in [5.41, 5.74) is 1.84. The summed E-state index contributed by atoms with van der Waals surface area (Å²) in [4.78, 5) is 14.4. The lowest BCUT2D eigenvalue weighted by Crippen LogP contribution is -2.40. The van der Waals surface area contributed by atoms with Crippen molar-refractivity contribution in [1.82, 2.24) is 4.90 Å². The van der Waals surface area contributed by atoms with Gasteiger partial charge in [0.1, 0.15) is 0 Å². The summed E-state index contributed by atoms with van der Waals surface area (Å²) in [7, 11) is 1.65. The molecule has 0 fully saturated rings. The maximum Gasteiger partial charge on any atom is 0.254 e. The third kappa shape index (κ3) is 4.32. The number of hydrogen-bond acceptors (Lipinski definition) is 2. The number of carbonyl (C=O) groups excluding carboxylic acids is 1. The minimum Gasteiger partial charge on any atom is -0.383 e. The van der Waals surface area contributed by atoms with Crippen LogP contribution in [-0.2, 0) is 4.74 Å². The van der Waals surface area contributed by atoms with Crippen molar-refractivity contribution in [2.24, 2.45) is 0 Å². The van der Waals surface area contributed by atoms with E-state index in [4.69, 9.17) is 4.74 Å². The van der Waals surface area contributed by atoms with E-state index in [1.165, 1.54) is 0 Å². The molecule has 1 rings (SSSR count). The average Bonchev–Trinajstić information content (AvgIpc) is 2.41. The summed E-state index contributed by atoms with van der Waals surface area (Å²) >= 11 is 3.47. The number of rotatable bonds is 6. The van der Waals surface area contributed by atoms with Crippen LogP contribution < -0.4 is 0 Å². The highest BCUT2D eigenvalue weighted by Gasteiger charge is 2.20. The Labute approximate surface area is 124 Å². The molecular formula is C15H22BrNO2. The van der Waals surface area contributed by atoms with Gasteiger partial charge in [0.15, 0.2) is 0 Å². The number of benzene rings is 1. The lowest BCUT2D eigenvalue weighted by molar-refractivity contribution is 0.0614. The summed E-state index contributed by atoms with van der Waals surface area (Å²) in [6.07, 6.45) is 0.933. The maximum atomic E-state index is 12.6. The van der Waals surface area contributed by atoms with Gasteiger partial charge in [-0.15, -0.1) is 0 Å². The topological polar surface area (TPSA) is 29.5 Å². The first-order valence-electron chi connectivity index (χ1n) is 6.57. The van der Waals surface area contributed by atoms with E-state index in [-0.39, 0.29) is 11.9 Å². The number of methoxy groups -OCH3 is 1. The average molecular weight is 328 g/mol.